The minimum absolute atomic E-state index is 0.289. The summed E-state index contributed by atoms with van der Waals surface area (Å²) in [5.74, 6) is -0.125. The Labute approximate surface area is 128 Å². The molecule has 22 heavy (non-hydrogen) atoms. The maximum absolute atomic E-state index is 12.2. The van der Waals surface area contributed by atoms with Crippen molar-refractivity contribution in [2.75, 3.05) is 5.32 Å². The SMILES string of the molecule is Cc1cc(NC(=O)[C@H](C)OC(=O)c2cccc(C)c2C)no1. The van der Waals surface area contributed by atoms with E-state index in [1.54, 1.807) is 25.1 Å². The van der Waals surface area contributed by atoms with Gasteiger partial charge in [-0.25, -0.2) is 4.79 Å². The maximum atomic E-state index is 12.2. The summed E-state index contributed by atoms with van der Waals surface area (Å²) >= 11 is 0. The molecule has 0 saturated heterocycles. The molecule has 116 valence electrons. The average molecular weight is 302 g/mol. The number of aryl methyl sites for hydroxylation is 2. The van der Waals surface area contributed by atoms with Crippen molar-refractivity contribution in [2.24, 2.45) is 0 Å². The molecule has 0 unspecified atom stereocenters. The summed E-state index contributed by atoms with van der Waals surface area (Å²) in [7, 11) is 0. The highest BCUT2D eigenvalue weighted by Crippen LogP contribution is 2.15. The van der Waals surface area contributed by atoms with Gasteiger partial charge in [0, 0.05) is 6.07 Å². The molecule has 1 N–H and O–H groups in total. The molecule has 2 rings (SSSR count). The minimum atomic E-state index is -0.940. The molecule has 6 heteroatoms. The Morgan fingerprint density at radius 3 is 2.64 bits per heavy atom. The number of amides is 1. The fourth-order valence-electron chi connectivity index (χ4n) is 1.90. The number of nitrogens with zero attached hydrogens (tertiary/aromatic N) is 1. The van der Waals surface area contributed by atoms with Crippen molar-refractivity contribution < 1.29 is 18.8 Å². The Morgan fingerprint density at radius 2 is 2.00 bits per heavy atom. The number of benzene rings is 1. The van der Waals surface area contributed by atoms with E-state index in [0.717, 1.165) is 11.1 Å². The van der Waals surface area contributed by atoms with Gasteiger partial charge in [0.15, 0.2) is 11.9 Å². The first kappa shape index (κ1) is 15.8. The predicted octanol–water partition coefficient (Wildman–Crippen LogP) is 2.78. The van der Waals surface area contributed by atoms with Gasteiger partial charge < -0.3 is 14.6 Å². The highest BCUT2D eigenvalue weighted by atomic mass is 16.5. The van der Waals surface area contributed by atoms with Gasteiger partial charge in [-0.15, -0.1) is 0 Å². The molecular formula is C16H18N2O4. The van der Waals surface area contributed by atoms with Gasteiger partial charge >= 0.3 is 5.97 Å². The third kappa shape index (κ3) is 3.52. The van der Waals surface area contributed by atoms with E-state index in [-0.39, 0.29) is 5.82 Å². The largest absolute Gasteiger partial charge is 0.449 e. The molecule has 0 aliphatic rings. The number of hydrogen-bond donors (Lipinski definition) is 1. The van der Waals surface area contributed by atoms with Crippen molar-refractivity contribution in [1.82, 2.24) is 5.16 Å². The normalized spacial score (nSPS) is 11.8. The Bertz CT molecular complexity index is 706. The van der Waals surface area contributed by atoms with Crippen molar-refractivity contribution in [3.05, 3.63) is 46.7 Å². The monoisotopic (exact) mass is 302 g/mol. The minimum Gasteiger partial charge on any atom is -0.449 e. The molecule has 0 spiro atoms. The molecule has 0 fully saturated rings. The first-order chi connectivity index (χ1) is 10.4. The number of anilines is 1. The third-order valence-corrected chi connectivity index (χ3v) is 3.36. The highest BCUT2D eigenvalue weighted by Gasteiger charge is 2.21. The van der Waals surface area contributed by atoms with E-state index < -0.39 is 18.0 Å². The molecule has 6 nitrogen and oxygen atoms in total. The average Bonchev–Trinajstić information content (AvgIpc) is 2.86. The van der Waals surface area contributed by atoms with E-state index in [1.807, 2.05) is 19.9 Å². The number of esters is 1. The second kappa shape index (κ2) is 6.43. The lowest BCUT2D eigenvalue weighted by atomic mass is 10.0. The summed E-state index contributed by atoms with van der Waals surface area (Å²) in [5.41, 5.74) is 2.29. The van der Waals surface area contributed by atoms with Gasteiger partial charge in [0.2, 0.25) is 0 Å². The lowest BCUT2D eigenvalue weighted by Gasteiger charge is -2.14. The van der Waals surface area contributed by atoms with Crippen LogP contribution in [-0.4, -0.2) is 23.1 Å². The van der Waals surface area contributed by atoms with Crippen molar-refractivity contribution in [1.29, 1.82) is 0 Å². The Hall–Kier alpha value is -2.63. The summed E-state index contributed by atoms with van der Waals surface area (Å²) in [6.07, 6.45) is -0.940. The van der Waals surface area contributed by atoms with Gasteiger partial charge in [-0.1, -0.05) is 17.3 Å². The smallest absolute Gasteiger partial charge is 0.339 e. The molecule has 2 aromatic rings. The molecule has 0 radical (unpaired) electrons. The second-order valence-corrected chi connectivity index (χ2v) is 5.11. The van der Waals surface area contributed by atoms with Crippen molar-refractivity contribution >= 4 is 17.7 Å². The van der Waals surface area contributed by atoms with Crippen molar-refractivity contribution in [2.45, 2.75) is 33.8 Å². The Kier molecular flexibility index (Phi) is 4.60. The zero-order valence-electron chi connectivity index (χ0n) is 13.0. The van der Waals surface area contributed by atoms with Gasteiger partial charge in [-0.2, -0.15) is 0 Å². The quantitative estimate of drug-likeness (QED) is 0.878. The van der Waals surface area contributed by atoms with Crippen LogP contribution in [0.25, 0.3) is 0 Å². The van der Waals surface area contributed by atoms with Gasteiger partial charge in [0.05, 0.1) is 5.56 Å². The van der Waals surface area contributed by atoms with E-state index in [2.05, 4.69) is 10.5 Å². The molecule has 1 aromatic carbocycles. The molecule has 0 aliphatic heterocycles. The van der Waals surface area contributed by atoms with Crippen LogP contribution in [0, 0.1) is 20.8 Å². The highest BCUT2D eigenvalue weighted by molar-refractivity contribution is 5.97. The predicted molar refractivity (Wildman–Crippen MR) is 80.7 cm³/mol. The summed E-state index contributed by atoms with van der Waals surface area (Å²) in [5, 5.41) is 6.18. The fourth-order valence-corrected chi connectivity index (χ4v) is 1.90. The van der Waals surface area contributed by atoms with Crippen LogP contribution < -0.4 is 5.32 Å². The number of hydrogen-bond acceptors (Lipinski definition) is 5. The van der Waals surface area contributed by atoms with E-state index in [9.17, 15) is 9.59 Å². The molecule has 1 atom stereocenters. The molecule has 0 saturated carbocycles. The van der Waals surface area contributed by atoms with Gasteiger partial charge in [0.1, 0.15) is 5.76 Å². The Balaban J connectivity index is 2.01. The molecule has 1 aromatic heterocycles. The molecule has 0 aliphatic carbocycles. The summed E-state index contributed by atoms with van der Waals surface area (Å²) < 4.78 is 10.1. The first-order valence-corrected chi connectivity index (χ1v) is 6.90. The van der Waals surface area contributed by atoms with E-state index in [1.165, 1.54) is 6.92 Å². The van der Waals surface area contributed by atoms with Crippen LogP contribution >= 0.6 is 0 Å². The van der Waals surface area contributed by atoms with Crippen LogP contribution in [0.15, 0.2) is 28.8 Å². The molecule has 1 amide bonds. The number of carbonyl (C=O) groups excluding carboxylic acids is 2. The summed E-state index contributed by atoms with van der Waals surface area (Å²) in [6.45, 7) is 6.97. The number of nitrogens with one attached hydrogen (secondary N) is 1. The lowest BCUT2D eigenvalue weighted by Crippen LogP contribution is -2.30. The van der Waals surface area contributed by atoms with Gasteiger partial charge in [-0.05, 0) is 44.9 Å². The Morgan fingerprint density at radius 1 is 1.27 bits per heavy atom. The number of carbonyl (C=O) groups is 2. The van der Waals surface area contributed by atoms with Crippen molar-refractivity contribution in [3.63, 3.8) is 0 Å². The van der Waals surface area contributed by atoms with E-state index in [4.69, 9.17) is 9.26 Å². The number of aromatic nitrogens is 1. The number of ether oxygens (including phenoxy) is 1. The van der Waals surface area contributed by atoms with Crippen LogP contribution in [0.2, 0.25) is 0 Å². The molecule has 1 heterocycles. The fraction of sp³-hybridized carbons (Fsp3) is 0.312. The van der Waals surface area contributed by atoms with Crippen LogP contribution in [0.5, 0.6) is 0 Å². The molecule has 0 bridgehead atoms. The van der Waals surface area contributed by atoms with Gasteiger partial charge in [0.25, 0.3) is 5.91 Å². The maximum Gasteiger partial charge on any atom is 0.339 e. The first-order valence-electron chi connectivity index (χ1n) is 6.90. The van der Waals surface area contributed by atoms with E-state index in [0.29, 0.717) is 11.3 Å². The lowest BCUT2D eigenvalue weighted by molar-refractivity contribution is -0.123. The summed E-state index contributed by atoms with van der Waals surface area (Å²) in [6, 6.07) is 6.95. The van der Waals surface area contributed by atoms with Gasteiger partial charge in [-0.3, -0.25) is 4.79 Å². The zero-order valence-corrected chi connectivity index (χ0v) is 13.0. The van der Waals surface area contributed by atoms with Crippen LogP contribution in [0.4, 0.5) is 5.82 Å². The van der Waals surface area contributed by atoms with Crippen molar-refractivity contribution in [3.8, 4) is 0 Å². The van der Waals surface area contributed by atoms with Crippen LogP contribution in [-0.2, 0) is 9.53 Å². The number of rotatable bonds is 4. The van der Waals surface area contributed by atoms with Crippen LogP contribution in [0.1, 0.15) is 34.2 Å². The second-order valence-electron chi connectivity index (χ2n) is 5.11. The zero-order chi connectivity index (χ0) is 16.3. The van der Waals surface area contributed by atoms with E-state index >= 15 is 0 Å². The molecular weight excluding hydrogens is 284 g/mol. The van der Waals surface area contributed by atoms with Crippen LogP contribution in [0.3, 0.4) is 0 Å². The summed E-state index contributed by atoms with van der Waals surface area (Å²) in [4.78, 5) is 24.1. The third-order valence-electron chi connectivity index (χ3n) is 3.36. The topological polar surface area (TPSA) is 81.4 Å². The standard InChI is InChI=1S/C16H18N2O4/c1-9-6-5-7-13(11(9)3)16(20)21-12(4)15(19)17-14-8-10(2)22-18-14/h5-8,12H,1-4H3,(H,17,18,19)/t12-/m0/s1.